The maximum absolute atomic E-state index is 13.9. The molecule has 0 N–H and O–H groups in total. The number of hydrogen-bond acceptors (Lipinski definition) is 4. The minimum Gasteiger partial charge on any atom is -0.494 e. The molecule has 1 aliphatic carbocycles. The number of hydrogen-bond donors (Lipinski definition) is 0. The zero-order valence-electron chi connectivity index (χ0n) is 24.9. The highest BCUT2D eigenvalue weighted by Crippen LogP contribution is 2.29. The minimum atomic E-state index is -1.49. The van der Waals surface area contributed by atoms with Gasteiger partial charge in [-0.25, -0.2) is 9.18 Å². The van der Waals surface area contributed by atoms with Crippen molar-refractivity contribution in [1.29, 1.82) is 0 Å². The van der Waals surface area contributed by atoms with E-state index in [1.165, 1.54) is 44.9 Å². The maximum Gasteiger partial charge on any atom is 0.340 e. The topological polar surface area (TPSA) is 44.8 Å². The van der Waals surface area contributed by atoms with Crippen LogP contribution in [0, 0.1) is 5.92 Å². The van der Waals surface area contributed by atoms with Crippen molar-refractivity contribution in [2.45, 2.75) is 122 Å². The molecule has 1 fully saturated rings. The number of ether oxygens (including phenoxy) is 3. The van der Waals surface area contributed by atoms with E-state index in [1.54, 1.807) is 0 Å². The third kappa shape index (κ3) is 11.9. The molecule has 3 rings (SSSR count). The summed E-state index contributed by atoms with van der Waals surface area (Å²) in [4.78, 5) is 11.9. The molecule has 2 aromatic rings. The molecule has 4 nitrogen and oxygen atoms in total. The lowest BCUT2D eigenvalue weighted by molar-refractivity contribution is -0.157. The molecule has 222 valence electrons. The van der Waals surface area contributed by atoms with Crippen LogP contribution in [0.4, 0.5) is 4.39 Å². The molecule has 0 heterocycles. The first-order valence-corrected chi connectivity index (χ1v) is 15.9. The van der Waals surface area contributed by atoms with E-state index >= 15 is 0 Å². The summed E-state index contributed by atoms with van der Waals surface area (Å²) < 4.78 is 31.3. The number of unbranched alkanes of at least 4 members (excludes halogenated alkanes) is 8. The summed E-state index contributed by atoms with van der Waals surface area (Å²) in [5, 5.41) is 0. The molecule has 0 aliphatic heterocycles. The predicted molar refractivity (Wildman–Crippen MR) is 162 cm³/mol. The lowest BCUT2D eigenvalue weighted by atomic mass is 9.88. The Balaban J connectivity index is 1.30. The van der Waals surface area contributed by atoms with Crippen molar-refractivity contribution >= 4 is 5.97 Å². The van der Waals surface area contributed by atoms with Gasteiger partial charge in [-0.2, -0.15) is 0 Å². The highest BCUT2D eigenvalue weighted by atomic mass is 19.1. The van der Waals surface area contributed by atoms with Crippen molar-refractivity contribution in [2.75, 3.05) is 13.2 Å². The molecule has 0 amide bonds. The van der Waals surface area contributed by atoms with Gasteiger partial charge in [0.25, 0.3) is 0 Å². The zero-order chi connectivity index (χ0) is 28.4. The molecule has 0 saturated heterocycles. The minimum absolute atomic E-state index is 0.162. The van der Waals surface area contributed by atoms with Gasteiger partial charge in [-0.3, -0.25) is 0 Å². The second-order valence-electron chi connectivity index (χ2n) is 11.4. The summed E-state index contributed by atoms with van der Waals surface area (Å²) in [5.41, 5.74) is 2.30. The zero-order valence-corrected chi connectivity index (χ0v) is 24.9. The fraction of sp³-hybridized carbons (Fsp3) is 0.629. The average molecular weight is 555 g/mol. The number of esters is 1. The van der Waals surface area contributed by atoms with Crippen LogP contribution in [0.2, 0.25) is 0 Å². The molecule has 40 heavy (non-hydrogen) atoms. The monoisotopic (exact) mass is 554 g/mol. The highest BCUT2D eigenvalue weighted by Gasteiger charge is 2.27. The Labute approximate surface area is 242 Å². The first-order valence-electron chi connectivity index (χ1n) is 15.9. The molecule has 0 radical (unpaired) electrons. The third-order valence-corrected chi connectivity index (χ3v) is 7.94. The van der Waals surface area contributed by atoms with Gasteiger partial charge < -0.3 is 14.2 Å². The van der Waals surface area contributed by atoms with Gasteiger partial charge in [0.2, 0.25) is 0 Å². The number of alkyl halides is 1. The van der Waals surface area contributed by atoms with E-state index in [2.05, 4.69) is 43.3 Å². The van der Waals surface area contributed by atoms with E-state index in [0.29, 0.717) is 18.9 Å². The molecule has 1 saturated carbocycles. The molecule has 1 atom stereocenters. The highest BCUT2D eigenvalue weighted by molar-refractivity contribution is 5.74. The number of benzene rings is 2. The van der Waals surface area contributed by atoms with Crippen LogP contribution in [0.5, 0.6) is 11.5 Å². The van der Waals surface area contributed by atoms with Gasteiger partial charge in [0.15, 0.2) is 6.17 Å². The largest absolute Gasteiger partial charge is 0.494 e. The Bertz CT molecular complexity index is 935. The van der Waals surface area contributed by atoms with Crippen LogP contribution < -0.4 is 9.47 Å². The van der Waals surface area contributed by atoms with Crippen molar-refractivity contribution < 1.29 is 23.4 Å². The summed E-state index contributed by atoms with van der Waals surface area (Å²) in [7, 11) is 0. The molecular weight excluding hydrogens is 503 g/mol. The second kappa shape index (κ2) is 18.7. The van der Waals surface area contributed by atoms with Crippen molar-refractivity contribution in [1.82, 2.24) is 0 Å². The average Bonchev–Trinajstić information content (AvgIpc) is 2.99. The Morgan fingerprint density at radius 3 is 1.82 bits per heavy atom. The number of carbonyl (C=O) groups is 1. The standard InChI is InChI=1S/C35H51FO4/c1-3-5-7-8-9-10-11-12-26-38-31-22-16-29(17-23-31)30-18-24-32(25-19-30)39-27-28-14-20-33(21-15-28)40-35(37)34(36)13-6-4-2/h16-19,22-25,28,33-34H,3-15,20-21,26-27H2,1-2H3/t28-,33-,34-/m0/s1. The van der Waals surface area contributed by atoms with E-state index < -0.39 is 12.1 Å². The molecule has 1 aliphatic rings. The fourth-order valence-corrected chi connectivity index (χ4v) is 5.28. The van der Waals surface area contributed by atoms with Gasteiger partial charge in [0.05, 0.1) is 13.2 Å². The number of rotatable bonds is 19. The van der Waals surface area contributed by atoms with Gasteiger partial charge in [-0.15, -0.1) is 0 Å². The van der Waals surface area contributed by atoms with E-state index in [0.717, 1.165) is 67.8 Å². The van der Waals surface area contributed by atoms with Crippen LogP contribution in [0.3, 0.4) is 0 Å². The van der Waals surface area contributed by atoms with Gasteiger partial charge in [0.1, 0.15) is 17.6 Å². The van der Waals surface area contributed by atoms with E-state index in [4.69, 9.17) is 14.2 Å². The molecule has 0 bridgehead atoms. The summed E-state index contributed by atoms with van der Waals surface area (Å²) >= 11 is 0. The molecule has 5 heteroatoms. The van der Waals surface area contributed by atoms with E-state index in [-0.39, 0.29) is 12.5 Å². The van der Waals surface area contributed by atoms with Crippen molar-refractivity contribution in [3.05, 3.63) is 48.5 Å². The molecule has 0 unspecified atom stereocenters. The van der Waals surface area contributed by atoms with Crippen LogP contribution >= 0.6 is 0 Å². The maximum atomic E-state index is 13.9. The Morgan fingerprint density at radius 2 is 1.25 bits per heavy atom. The molecular formula is C35H51FO4. The molecule has 0 aromatic heterocycles. The van der Waals surface area contributed by atoms with Crippen LogP contribution in [0.1, 0.15) is 110 Å². The normalized spacial score (nSPS) is 17.8. The van der Waals surface area contributed by atoms with Crippen molar-refractivity contribution in [3.63, 3.8) is 0 Å². The van der Waals surface area contributed by atoms with Gasteiger partial charge in [0, 0.05) is 0 Å². The third-order valence-electron chi connectivity index (χ3n) is 7.94. The Kier molecular flexibility index (Phi) is 15.0. The SMILES string of the molecule is CCCCCCCCCCOc1ccc(-c2ccc(OC[C@H]3CC[C@H](OC(=O)[C@@H](F)CCCC)CC3)cc2)cc1. The van der Waals surface area contributed by atoms with Crippen LogP contribution in [0.15, 0.2) is 48.5 Å². The summed E-state index contributed by atoms with van der Waals surface area (Å²) in [5.74, 6) is 1.53. The van der Waals surface area contributed by atoms with E-state index in [1.807, 2.05) is 19.1 Å². The van der Waals surface area contributed by atoms with Crippen LogP contribution in [-0.2, 0) is 9.53 Å². The number of carbonyl (C=O) groups excluding carboxylic acids is 1. The smallest absolute Gasteiger partial charge is 0.340 e. The van der Waals surface area contributed by atoms with Gasteiger partial charge in [-0.1, -0.05) is 95.9 Å². The molecule has 2 aromatic carbocycles. The summed E-state index contributed by atoms with van der Waals surface area (Å²) in [6, 6.07) is 16.6. The Morgan fingerprint density at radius 1 is 0.725 bits per heavy atom. The summed E-state index contributed by atoms with van der Waals surface area (Å²) in [6.07, 6.45) is 14.0. The lowest BCUT2D eigenvalue weighted by Gasteiger charge is -2.28. The van der Waals surface area contributed by atoms with Crippen LogP contribution in [0.25, 0.3) is 11.1 Å². The molecule has 0 spiro atoms. The van der Waals surface area contributed by atoms with E-state index in [9.17, 15) is 9.18 Å². The first-order chi connectivity index (χ1) is 19.6. The van der Waals surface area contributed by atoms with Crippen molar-refractivity contribution in [2.24, 2.45) is 5.92 Å². The Hall–Kier alpha value is -2.56. The first kappa shape index (κ1) is 32.0. The van der Waals surface area contributed by atoms with Gasteiger partial charge >= 0.3 is 5.97 Å². The van der Waals surface area contributed by atoms with Crippen LogP contribution in [-0.4, -0.2) is 31.5 Å². The number of halogens is 1. The fourth-order valence-electron chi connectivity index (χ4n) is 5.28. The second-order valence-corrected chi connectivity index (χ2v) is 11.4. The van der Waals surface area contributed by atoms with Crippen molar-refractivity contribution in [3.8, 4) is 22.6 Å². The quantitative estimate of drug-likeness (QED) is 0.128. The predicted octanol–water partition coefficient (Wildman–Crippen LogP) is 9.88. The summed E-state index contributed by atoms with van der Waals surface area (Å²) in [6.45, 7) is 5.68. The van der Waals surface area contributed by atoms with Gasteiger partial charge in [-0.05, 0) is 79.8 Å². The lowest BCUT2D eigenvalue weighted by Crippen LogP contribution is -2.30.